The maximum absolute atomic E-state index is 8.97. The molecule has 0 saturated heterocycles. The molecule has 4 heteroatoms. The van der Waals surface area contributed by atoms with Crippen LogP contribution in [0.25, 0.3) is 5.69 Å². The van der Waals surface area contributed by atoms with Crippen LogP contribution in [0.5, 0.6) is 5.88 Å². The molecule has 0 spiro atoms. The highest BCUT2D eigenvalue weighted by Gasteiger charge is 2.11. The molecule has 2 aromatic carbocycles. The van der Waals surface area contributed by atoms with Crippen molar-refractivity contribution in [2.75, 3.05) is 0 Å². The first-order valence-corrected chi connectivity index (χ1v) is 7.04. The van der Waals surface area contributed by atoms with Gasteiger partial charge in [-0.3, -0.25) is 0 Å². The molecule has 0 bridgehead atoms. The van der Waals surface area contributed by atoms with Crippen LogP contribution < -0.4 is 4.74 Å². The van der Waals surface area contributed by atoms with E-state index in [1.165, 1.54) is 0 Å². The van der Waals surface area contributed by atoms with Crippen LogP contribution >= 0.6 is 0 Å². The van der Waals surface area contributed by atoms with Crippen molar-refractivity contribution in [3.63, 3.8) is 0 Å². The van der Waals surface area contributed by atoms with Crippen molar-refractivity contribution in [2.45, 2.75) is 13.0 Å². The van der Waals surface area contributed by atoms with Crippen LogP contribution in [0.15, 0.2) is 66.9 Å². The Balaban J connectivity index is 1.83. The molecular formula is C18H15N3O. The molecule has 1 heterocycles. The van der Waals surface area contributed by atoms with Gasteiger partial charge in [-0.1, -0.05) is 48.5 Å². The van der Waals surface area contributed by atoms with Crippen LogP contribution in [-0.4, -0.2) is 9.78 Å². The van der Waals surface area contributed by atoms with Crippen molar-refractivity contribution >= 4 is 0 Å². The molecule has 0 aliphatic rings. The fraction of sp³-hybridized carbons (Fsp3) is 0.111. The number of ether oxygens (including phenoxy) is 1. The number of rotatable bonds is 5. The van der Waals surface area contributed by atoms with E-state index in [1.54, 1.807) is 4.68 Å². The Bertz CT molecular complexity index is 773. The second-order valence-electron chi connectivity index (χ2n) is 4.85. The largest absolute Gasteiger partial charge is 0.472 e. The standard InChI is InChI=1S/C18H15N3O/c19-12-11-16-13-21(17-9-5-2-6-10-17)20-18(16)22-14-15-7-3-1-4-8-15/h1-10,13H,11,14H2. The summed E-state index contributed by atoms with van der Waals surface area (Å²) in [5, 5.41) is 13.4. The number of hydrogen-bond donors (Lipinski definition) is 0. The maximum Gasteiger partial charge on any atom is 0.237 e. The lowest BCUT2D eigenvalue weighted by Gasteiger charge is -2.04. The number of nitriles is 1. The zero-order valence-corrected chi connectivity index (χ0v) is 12.0. The summed E-state index contributed by atoms with van der Waals surface area (Å²) in [6.45, 7) is 0.436. The molecule has 0 amide bonds. The van der Waals surface area contributed by atoms with Gasteiger partial charge in [0.15, 0.2) is 0 Å². The summed E-state index contributed by atoms with van der Waals surface area (Å²) in [5.41, 5.74) is 2.80. The molecule has 0 atom stereocenters. The second kappa shape index (κ2) is 6.59. The Morgan fingerprint density at radius 1 is 1.00 bits per heavy atom. The summed E-state index contributed by atoms with van der Waals surface area (Å²) in [6.07, 6.45) is 2.12. The average Bonchev–Trinajstić information content (AvgIpc) is 2.98. The van der Waals surface area contributed by atoms with E-state index in [9.17, 15) is 0 Å². The molecule has 0 fully saturated rings. The fourth-order valence-corrected chi connectivity index (χ4v) is 2.16. The van der Waals surface area contributed by atoms with Gasteiger partial charge in [-0.25, -0.2) is 4.68 Å². The highest BCUT2D eigenvalue weighted by Crippen LogP contribution is 2.20. The van der Waals surface area contributed by atoms with Crippen LogP contribution in [0, 0.1) is 11.3 Å². The Kier molecular flexibility index (Phi) is 4.17. The minimum absolute atomic E-state index is 0.275. The monoisotopic (exact) mass is 289 g/mol. The van der Waals surface area contributed by atoms with Gasteiger partial charge >= 0.3 is 0 Å². The number of benzene rings is 2. The molecule has 22 heavy (non-hydrogen) atoms. The Labute approximate surface area is 129 Å². The highest BCUT2D eigenvalue weighted by molar-refractivity contribution is 5.35. The van der Waals surface area contributed by atoms with Crippen molar-refractivity contribution in [1.29, 1.82) is 5.26 Å². The lowest BCUT2D eigenvalue weighted by atomic mass is 10.2. The molecule has 4 nitrogen and oxygen atoms in total. The zero-order valence-electron chi connectivity index (χ0n) is 12.0. The number of hydrogen-bond acceptors (Lipinski definition) is 3. The summed E-state index contributed by atoms with van der Waals surface area (Å²) in [5.74, 6) is 0.509. The third-order valence-corrected chi connectivity index (χ3v) is 3.26. The third kappa shape index (κ3) is 3.15. The summed E-state index contributed by atoms with van der Waals surface area (Å²) >= 11 is 0. The number of nitrogens with zero attached hydrogens (tertiary/aromatic N) is 3. The van der Waals surface area contributed by atoms with Gasteiger partial charge in [0.05, 0.1) is 18.2 Å². The van der Waals surface area contributed by atoms with Crippen LogP contribution in [0.2, 0.25) is 0 Å². The topological polar surface area (TPSA) is 50.8 Å². The molecule has 0 radical (unpaired) electrons. The highest BCUT2D eigenvalue weighted by atomic mass is 16.5. The molecule has 0 aliphatic carbocycles. The normalized spacial score (nSPS) is 10.1. The molecule has 3 rings (SSSR count). The fourth-order valence-electron chi connectivity index (χ4n) is 2.16. The van der Waals surface area contributed by atoms with E-state index >= 15 is 0 Å². The van der Waals surface area contributed by atoms with E-state index < -0.39 is 0 Å². The Hall–Kier alpha value is -3.06. The molecule has 1 aromatic heterocycles. The van der Waals surface area contributed by atoms with Gasteiger partial charge in [0, 0.05) is 11.8 Å². The van der Waals surface area contributed by atoms with E-state index in [0.29, 0.717) is 12.5 Å². The predicted molar refractivity (Wildman–Crippen MR) is 83.7 cm³/mol. The van der Waals surface area contributed by atoms with Crippen LogP contribution in [0.4, 0.5) is 0 Å². The lowest BCUT2D eigenvalue weighted by Crippen LogP contribution is -1.99. The lowest BCUT2D eigenvalue weighted by molar-refractivity contribution is 0.289. The summed E-state index contributed by atoms with van der Waals surface area (Å²) in [6, 6.07) is 21.8. The van der Waals surface area contributed by atoms with E-state index in [-0.39, 0.29) is 6.42 Å². The van der Waals surface area contributed by atoms with Crippen LogP contribution in [0.1, 0.15) is 11.1 Å². The van der Waals surface area contributed by atoms with E-state index in [2.05, 4.69) is 11.2 Å². The van der Waals surface area contributed by atoms with Crippen molar-refractivity contribution in [1.82, 2.24) is 9.78 Å². The maximum atomic E-state index is 8.97. The first-order valence-electron chi connectivity index (χ1n) is 7.04. The number of aromatic nitrogens is 2. The molecule has 0 saturated carbocycles. The summed E-state index contributed by atoms with van der Waals surface area (Å²) < 4.78 is 7.54. The summed E-state index contributed by atoms with van der Waals surface area (Å²) in [4.78, 5) is 0. The first kappa shape index (κ1) is 13.9. The molecule has 108 valence electrons. The van der Waals surface area contributed by atoms with Crippen molar-refractivity contribution in [3.05, 3.63) is 78.0 Å². The zero-order chi connectivity index (χ0) is 15.2. The predicted octanol–water partition coefficient (Wildman–Crippen LogP) is 3.52. The first-order chi connectivity index (χ1) is 10.9. The minimum atomic E-state index is 0.275. The van der Waals surface area contributed by atoms with Crippen LogP contribution in [-0.2, 0) is 13.0 Å². The number of para-hydroxylation sites is 1. The van der Waals surface area contributed by atoms with Gasteiger partial charge in [0.1, 0.15) is 6.61 Å². The molecule has 0 aliphatic heterocycles. The van der Waals surface area contributed by atoms with Crippen LogP contribution in [0.3, 0.4) is 0 Å². The van der Waals surface area contributed by atoms with Crippen molar-refractivity contribution in [3.8, 4) is 17.6 Å². The Morgan fingerprint density at radius 2 is 1.68 bits per heavy atom. The van der Waals surface area contributed by atoms with Crippen molar-refractivity contribution < 1.29 is 4.74 Å². The van der Waals surface area contributed by atoms with E-state index in [4.69, 9.17) is 10.00 Å². The molecular weight excluding hydrogens is 274 g/mol. The minimum Gasteiger partial charge on any atom is -0.472 e. The second-order valence-corrected chi connectivity index (χ2v) is 4.85. The van der Waals surface area contributed by atoms with Gasteiger partial charge < -0.3 is 4.74 Å². The molecule has 3 aromatic rings. The van der Waals surface area contributed by atoms with Gasteiger partial charge in [0.2, 0.25) is 5.88 Å². The van der Waals surface area contributed by atoms with Gasteiger partial charge in [-0.15, -0.1) is 5.10 Å². The SMILES string of the molecule is N#CCc1cn(-c2ccccc2)nc1OCc1ccccc1. The average molecular weight is 289 g/mol. The van der Waals surface area contributed by atoms with E-state index in [1.807, 2.05) is 66.9 Å². The van der Waals surface area contributed by atoms with Crippen molar-refractivity contribution in [2.24, 2.45) is 0 Å². The Morgan fingerprint density at radius 3 is 2.36 bits per heavy atom. The van der Waals surface area contributed by atoms with Gasteiger partial charge in [0.25, 0.3) is 0 Å². The molecule has 0 unspecified atom stereocenters. The smallest absolute Gasteiger partial charge is 0.237 e. The quantitative estimate of drug-likeness (QED) is 0.722. The summed E-state index contributed by atoms with van der Waals surface area (Å²) in [7, 11) is 0. The van der Waals surface area contributed by atoms with Gasteiger partial charge in [-0.05, 0) is 17.7 Å². The third-order valence-electron chi connectivity index (χ3n) is 3.26. The molecule has 0 N–H and O–H groups in total. The van der Waals surface area contributed by atoms with Gasteiger partial charge in [-0.2, -0.15) is 5.26 Å². The van der Waals surface area contributed by atoms with E-state index in [0.717, 1.165) is 16.8 Å².